The van der Waals surface area contributed by atoms with E-state index in [0.29, 0.717) is 12.0 Å². The fraction of sp³-hybridized carbons (Fsp3) is 0.909. The van der Waals surface area contributed by atoms with E-state index in [9.17, 15) is 9.59 Å². The third-order valence-corrected chi connectivity index (χ3v) is 5.61. The van der Waals surface area contributed by atoms with Crippen LogP contribution in [0.5, 0.6) is 0 Å². The number of imide groups is 1. The molecule has 6 heteroatoms. The molecule has 0 aromatic rings. The summed E-state index contributed by atoms with van der Waals surface area (Å²) < 4.78 is 5.76. The van der Waals surface area contributed by atoms with Gasteiger partial charge in [0.1, 0.15) is 6.54 Å². The molecule has 3 amide bonds. The van der Waals surface area contributed by atoms with Gasteiger partial charge in [-0.1, -0.05) is 40.5 Å². The SMILES string of the molecule is CN1CC(=O)N(CC(C)(C)CCCCOCCCCC(C)(C)CCCO)C1=O. The zero-order chi connectivity index (χ0) is 21.2. The molecule has 28 heavy (non-hydrogen) atoms. The highest BCUT2D eigenvalue weighted by molar-refractivity contribution is 6.01. The van der Waals surface area contributed by atoms with Crippen molar-refractivity contribution in [2.45, 2.75) is 79.1 Å². The van der Waals surface area contributed by atoms with Crippen molar-refractivity contribution in [3.05, 3.63) is 0 Å². The Labute approximate surface area is 171 Å². The molecule has 0 saturated carbocycles. The number of ether oxygens (including phenoxy) is 1. The number of carbonyl (C=O) groups excluding carboxylic acids is 2. The number of amides is 3. The predicted molar refractivity (Wildman–Crippen MR) is 112 cm³/mol. The van der Waals surface area contributed by atoms with Gasteiger partial charge in [0.2, 0.25) is 5.91 Å². The number of carbonyl (C=O) groups is 2. The molecule has 1 aliphatic rings. The highest BCUT2D eigenvalue weighted by Crippen LogP contribution is 2.29. The number of rotatable bonds is 15. The molecule has 1 rings (SSSR count). The molecule has 0 aromatic heterocycles. The molecule has 6 nitrogen and oxygen atoms in total. The second-order valence-corrected chi connectivity index (χ2v) is 9.80. The lowest BCUT2D eigenvalue weighted by Gasteiger charge is -2.29. The number of nitrogens with zero attached hydrogens (tertiary/aromatic N) is 2. The summed E-state index contributed by atoms with van der Waals surface area (Å²) >= 11 is 0. The fourth-order valence-electron chi connectivity index (χ4n) is 3.73. The van der Waals surface area contributed by atoms with E-state index in [1.807, 2.05) is 0 Å². The van der Waals surface area contributed by atoms with Gasteiger partial charge < -0.3 is 14.7 Å². The Morgan fingerprint density at radius 3 is 1.93 bits per heavy atom. The molecule has 0 radical (unpaired) electrons. The lowest BCUT2D eigenvalue weighted by molar-refractivity contribution is -0.126. The number of urea groups is 1. The normalized spacial score (nSPS) is 15.8. The fourth-order valence-corrected chi connectivity index (χ4v) is 3.73. The van der Waals surface area contributed by atoms with E-state index in [4.69, 9.17) is 9.84 Å². The minimum Gasteiger partial charge on any atom is -0.396 e. The van der Waals surface area contributed by atoms with Gasteiger partial charge in [0, 0.05) is 33.4 Å². The number of aliphatic hydroxyl groups is 1. The van der Waals surface area contributed by atoms with Gasteiger partial charge in [0.05, 0.1) is 0 Å². The molecule has 0 aliphatic carbocycles. The Balaban J connectivity index is 2.07. The van der Waals surface area contributed by atoms with E-state index < -0.39 is 0 Å². The first-order valence-corrected chi connectivity index (χ1v) is 10.8. The van der Waals surface area contributed by atoms with Crippen LogP contribution in [0, 0.1) is 10.8 Å². The molecule has 1 saturated heterocycles. The first-order valence-electron chi connectivity index (χ1n) is 10.8. The monoisotopic (exact) mass is 398 g/mol. The summed E-state index contributed by atoms with van der Waals surface area (Å²) in [6.07, 6.45) is 8.39. The molecule has 0 spiro atoms. The largest absolute Gasteiger partial charge is 0.396 e. The second kappa shape index (κ2) is 11.8. The smallest absolute Gasteiger partial charge is 0.326 e. The van der Waals surface area contributed by atoms with Crippen LogP contribution < -0.4 is 0 Å². The number of hydrogen-bond donors (Lipinski definition) is 1. The van der Waals surface area contributed by atoms with Crippen LogP contribution in [0.25, 0.3) is 0 Å². The van der Waals surface area contributed by atoms with Crippen LogP contribution in [0.1, 0.15) is 79.1 Å². The molecule has 0 bridgehead atoms. The molecule has 1 fully saturated rings. The summed E-state index contributed by atoms with van der Waals surface area (Å²) in [5.41, 5.74) is 0.234. The van der Waals surface area contributed by atoms with Crippen LogP contribution in [0.15, 0.2) is 0 Å². The van der Waals surface area contributed by atoms with Crippen molar-refractivity contribution in [3.8, 4) is 0 Å². The lowest BCUT2D eigenvalue weighted by atomic mass is 9.83. The number of likely N-dealkylation sites (N-methyl/N-ethyl adjacent to an activating group) is 1. The van der Waals surface area contributed by atoms with Crippen molar-refractivity contribution in [2.75, 3.05) is 40.0 Å². The molecule has 1 aliphatic heterocycles. The van der Waals surface area contributed by atoms with E-state index in [-0.39, 0.29) is 30.5 Å². The maximum absolute atomic E-state index is 12.0. The van der Waals surface area contributed by atoms with Crippen LogP contribution in [0.3, 0.4) is 0 Å². The summed E-state index contributed by atoms with van der Waals surface area (Å²) in [7, 11) is 1.67. The highest BCUT2D eigenvalue weighted by atomic mass is 16.5. The Morgan fingerprint density at radius 1 is 0.893 bits per heavy atom. The van der Waals surface area contributed by atoms with E-state index in [0.717, 1.165) is 58.2 Å². The van der Waals surface area contributed by atoms with E-state index in [1.165, 1.54) is 16.2 Å². The molecule has 0 atom stereocenters. The average Bonchev–Trinajstić information content (AvgIpc) is 2.84. The molecule has 1 N–H and O–H groups in total. The van der Waals surface area contributed by atoms with Crippen molar-refractivity contribution < 1.29 is 19.4 Å². The number of hydrogen-bond acceptors (Lipinski definition) is 4. The van der Waals surface area contributed by atoms with E-state index >= 15 is 0 Å². The Bertz CT molecular complexity index is 491. The average molecular weight is 399 g/mol. The van der Waals surface area contributed by atoms with Gasteiger partial charge >= 0.3 is 6.03 Å². The molecular weight excluding hydrogens is 356 g/mol. The van der Waals surface area contributed by atoms with Crippen molar-refractivity contribution in [2.24, 2.45) is 10.8 Å². The van der Waals surface area contributed by atoms with E-state index in [1.54, 1.807) is 7.05 Å². The topological polar surface area (TPSA) is 70.1 Å². The third kappa shape index (κ3) is 9.37. The molecular formula is C22H42N2O4. The van der Waals surface area contributed by atoms with Crippen LogP contribution in [-0.2, 0) is 9.53 Å². The highest BCUT2D eigenvalue weighted by Gasteiger charge is 2.36. The van der Waals surface area contributed by atoms with Crippen LogP contribution in [0.2, 0.25) is 0 Å². The first-order chi connectivity index (χ1) is 13.1. The van der Waals surface area contributed by atoms with Crippen molar-refractivity contribution in [3.63, 3.8) is 0 Å². The van der Waals surface area contributed by atoms with Gasteiger partial charge in [-0.2, -0.15) is 0 Å². The van der Waals surface area contributed by atoms with Crippen molar-refractivity contribution in [1.82, 2.24) is 9.80 Å². The van der Waals surface area contributed by atoms with Gasteiger partial charge in [0.15, 0.2) is 0 Å². The number of aliphatic hydroxyl groups excluding tert-OH is 1. The van der Waals surface area contributed by atoms with Gasteiger partial charge in [-0.05, 0) is 49.4 Å². The van der Waals surface area contributed by atoms with Crippen molar-refractivity contribution in [1.29, 1.82) is 0 Å². The Kier molecular flexibility index (Phi) is 10.5. The van der Waals surface area contributed by atoms with Crippen molar-refractivity contribution >= 4 is 11.9 Å². The minimum absolute atomic E-state index is 0.0728. The quantitative estimate of drug-likeness (QED) is 0.333. The van der Waals surface area contributed by atoms with Gasteiger partial charge in [-0.15, -0.1) is 0 Å². The summed E-state index contributed by atoms with van der Waals surface area (Å²) in [6, 6.07) is -0.180. The molecule has 164 valence electrons. The first kappa shape index (κ1) is 24.9. The van der Waals surface area contributed by atoms with Gasteiger partial charge in [-0.3, -0.25) is 9.69 Å². The summed E-state index contributed by atoms with van der Waals surface area (Å²) in [6.45, 7) is 11.3. The van der Waals surface area contributed by atoms with Crippen LogP contribution >= 0.6 is 0 Å². The summed E-state index contributed by atoms with van der Waals surface area (Å²) in [5.74, 6) is -0.0940. The summed E-state index contributed by atoms with van der Waals surface area (Å²) in [4.78, 5) is 26.8. The maximum atomic E-state index is 12.0. The lowest BCUT2D eigenvalue weighted by Crippen LogP contribution is -2.39. The minimum atomic E-state index is -0.180. The molecule has 1 heterocycles. The number of unbranched alkanes of at least 4 members (excludes halogenated alkanes) is 2. The summed E-state index contributed by atoms with van der Waals surface area (Å²) in [5, 5.41) is 8.94. The molecule has 0 unspecified atom stereocenters. The second-order valence-electron chi connectivity index (χ2n) is 9.80. The third-order valence-electron chi connectivity index (χ3n) is 5.61. The predicted octanol–water partition coefficient (Wildman–Crippen LogP) is 4.06. The Morgan fingerprint density at radius 2 is 1.43 bits per heavy atom. The standard InChI is InChI=1S/C22H42N2O4/c1-21(2,13-10-14-25)11-6-8-15-28-16-9-7-12-22(3,4)18-24-19(26)17-23(5)20(24)27/h25H,6-18H2,1-5H3. The molecule has 0 aromatic carbocycles. The van der Waals surface area contributed by atoms with Gasteiger partial charge in [-0.25, -0.2) is 4.79 Å². The Hall–Kier alpha value is -1.14. The van der Waals surface area contributed by atoms with E-state index in [2.05, 4.69) is 27.7 Å². The zero-order valence-corrected chi connectivity index (χ0v) is 18.8. The maximum Gasteiger partial charge on any atom is 0.326 e. The van der Waals surface area contributed by atoms with Crippen LogP contribution in [0.4, 0.5) is 4.79 Å². The zero-order valence-electron chi connectivity index (χ0n) is 18.8. The van der Waals surface area contributed by atoms with Gasteiger partial charge in [0.25, 0.3) is 0 Å². The van der Waals surface area contributed by atoms with Crippen LogP contribution in [-0.4, -0.2) is 66.8 Å².